The molecule has 2 aliphatic rings. The van der Waals surface area contributed by atoms with Gasteiger partial charge in [0.1, 0.15) is 28.6 Å². The number of carbonyl (C=O) groups is 4. The van der Waals surface area contributed by atoms with Crippen LogP contribution < -0.4 is 21.2 Å². The quantitative estimate of drug-likeness (QED) is 0.0583. The number of aromatic hydroxyl groups is 1. The molecule has 4 aromatic rings. The lowest BCUT2D eigenvalue weighted by atomic mass is 10.0. The van der Waals surface area contributed by atoms with Crippen molar-refractivity contribution in [1.29, 1.82) is 0 Å². The molecule has 0 bridgehead atoms. The van der Waals surface area contributed by atoms with Gasteiger partial charge >= 0.3 is 11.9 Å². The molecule has 2 aliphatic heterocycles. The number of phenolic OH excluding ortho intramolecular Hbond substituents is 1. The summed E-state index contributed by atoms with van der Waals surface area (Å²) < 4.78 is 1.79. The molecule has 47 heavy (non-hydrogen) atoms. The summed E-state index contributed by atoms with van der Waals surface area (Å²) in [5.41, 5.74) is 5.01. The van der Waals surface area contributed by atoms with Crippen molar-refractivity contribution in [1.82, 2.24) is 20.2 Å². The number of carboxylic acids is 2. The van der Waals surface area contributed by atoms with Crippen molar-refractivity contribution < 1.29 is 43.9 Å². The van der Waals surface area contributed by atoms with Crippen LogP contribution in [0.5, 0.6) is 5.75 Å². The van der Waals surface area contributed by atoms with Gasteiger partial charge in [-0.15, -0.1) is 23.1 Å². The average molecular weight is 679 g/mol. The number of hydrogen-bond donors (Lipinski definition) is 6. The number of carbonyl (C=O) groups excluding carboxylic acids is 2. The van der Waals surface area contributed by atoms with Gasteiger partial charge in [0, 0.05) is 45.9 Å². The number of nitrogens with zero attached hydrogens (tertiary/aromatic N) is 4. The summed E-state index contributed by atoms with van der Waals surface area (Å²) in [7, 11) is 0. The number of pyridine rings is 2. The Kier molecular flexibility index (Phi) is 8.35. The fourth-order valence-corrected chi connectivity index (χ4v) is 7.09. The summed E-state index contributed by atoms with van der Waals surface area (Å²) in [5, 5.41) is 37.5. The van der Waals surface area contributed by atoms with Crippen LogP contribution in [0.25, 0.3) is 10.9 Å². The topological polar surface area (TPSA) is 241 Å². The number of aromatic amines is 1. The molecular formula is C29H24N7O9S2+. The molecule has 0 spiro atoms. The van der Waals surface area contributed by atoms with Crippen molar-refractivity contribution in [2.75, 3.05) is 11.5 Å². The maximum Gasteiger partial charge on any atom is 0.352 e. The lowest BCUT2D eigenvalue weighted by Crippen LogP contribution is -2.71. The number of oxime groups is 1. The number of nitrogen functional groups attached to an aromatic ring is 1. The van der Waals surface area contributed by atoms with E-state index >= 15 is 0 Å². The molecule has 3 aromatic heterocycles. The molecule has 2 amide bonds. The predicted molar refractivity (Wildman–Crippen MR) is 167 cm³/mol. The first-order valence-corrected chi connectivity index (χ1v) is 15.6. The minimum atomic E-state index is -1.82. The zero-order valence-corrected chi connectivity index (χ0v) is 25.5. The number of β-lactam (4-membered cyclic amide) rings is 1. The van der Waals surface area contributed by atoms with E-state index < -0.39 is 52.5 Å². The highest BCUT2D eigenvalue weighted by molar-refractivity contribution is 8.00. The molecule has 0 saturated carbocycles. The second kappa shape index (κ2) is 12.6. The lowest BCUT2D eigenvalue weighted by Gasteiger charge is -2.49. The molecule has 1 saturated heterocycles. The Morgan fingerprint density at radius 1 is 1.17 bits per heavy atom. The maximum absolute atomic E-state index is 13.6. The number of thioether (sulfide) groups is 1. The number of benzene rings is 1. The highest BCUT2D eigenvalue weighted by Crippen LogP contribution is 2.40. The number of phenols is 1. The summed E-state index contributed by atoms with van der Waals surface area (Å²) in [5.74, 6) is -4.43. The number of carboxylic acid groups (broad SMARTS) is 2. The number of thiazole rings is 1. The van der Waals surface area contributed by atoms with Gasteiger partial charge in [0.05, 0.1) is 5.52 Å². The number of aliphatic carboxylic acids is 2. The van der Waals surface area contributed by atoms with Crippen molar-refractivity contribution in [3.63, 3.8) is 0 Å². The summed E-state index contributed by atoms with van der Waals surface area (Å²) in [6.07, 6.45) is 1.73. The van der Waals surface area contributed by atoms with Crippen LogP contribution in [0.3, 0.4) is 0 Å². The zero-order valence-electron chi connectivity index (χ0n) is 23.9. The Hall–Kier alpha value is -5.75. The maximum atomic E-state index is 13.6. The van der Waals surface area contributed by atoms with Crippen LogP contribution in [0, 0.1) is 0 Å². The minimum absolute atomic E-state index is 0.00345. The normalized spacial score (nSPS) is 18.3. The first kappa shape index (κ1) is 31.2. The number of fused-ring (bicyclic) bond motifs is 2. The van der Waals surface area contributed by atoms with Gasteiger partial charge in [0.25, 0.3) is 11.8 Å². The zero-order chi connectivity index (χ0) is 33.4. The van der Waals surface area contributed by atoms with Gasteiger partial charge in [-0.25, -0.2) is 19.1 Å². The first-order chi connectivity index (χ1) is 22.5. The number of anilines is 1. The van der Waals surface area contributed by atoms with E-state index in [0.29, 0.717) is 5.57 Å². The van der Waals surface area contributed by atoms with Crippen LogP contribution in [-0.2, 0) is 30.6 Å². The van der Waals surface area contributed by atoms with E-state index in [-0.39, 0.29) is 51.0 Å². The molecule has 0 aliphatic carbocycles. The van der Waals surface area contributed by atoms with Gasteiger partial charge in [-0.2, -0.15) is 0 Å². The monoisotopic (exact) mass is 678 g/mol. The number of amides is 2. The molecule has 7 N–H and O–H groups in total. The molecule has 1 aromatic carbocycles. The lowest BCUT2D eigenvalue weighted by molar-refractivity contribution is -0.689. The van der Waals surface area contributed by atoms with Gasteiger partial charge in [0.15, 0.2) is 29.8 Å². The molecule has 3 atom stereocenters. The first-order valence-electron chi connectivity index (χ1n) is 13.7. The summed E-state index contributed by atoms with van der Waals surface area (Å²) in [6, 6.07) is 9.17. The summed E-state index contributed by atoms with van der Waals surface area (Å²) in [6.45, 7) is 0.250. The van der Waals surface area contributed by atoms with Crippen LogP contribution in [0.4, 0.5) is 5.13 Å². The van der Waals surface area contributed by atoms with Crippen LogP contribution in [0.1, 0.15) is 17.4 Å². The van der Waals surface area contributed by atoms with Gasteiger partial charge in [0.2, 0.25) is 11.7 Å². The summed E-state index contributed by atoms with van der Waals surface area (Å²) >= 11 is 2.25. The Morgan fingerprint density at radius 2 is 1.94 bits per heavy atom. The third-order valence-electron chi connectivity index (χ3n) is 7.33. The van der Waals surface area contributed by atoms with Crippen LogP contribution in [0.2, 0.25) is 0 Å². The van der Waals surface area contributed by atoms with Crippen molar-refractivity contribution >= 4 is 68.6 Å². The number of nitrogens with one attached hydrogen (secondary N) is 2. The van der Waals surface area contributed by atoms with Gasteiger partial charge in [-0.3, -0.25) is 19.3 Å². The molecule has 0 radical (unpaired) electrons. The molecule has 16 nitrogen and oxygen atoms in total. The molecule has 18 heteroatoms. The van der Waals surface area contributed by atoms with E-state index in [0.717, 1.165) is 22.3 Å². The Morgan fingerprint density at radius 3 is 2.62 bits per heavy atom. The van der Waals surface area contributed by atoms with Gasteiger partial charge < -0.3 is 36.2 Å². The Balaban J connectivity index is 1.27. The molecule has 6 rings (SSSR count). The second-order valence-corrected chi connectivity index (χ2v) is 12.3. The fourth-order valence-electron chi connectivity index (χ4n) is 5.20. The van der Waals surface area contributed by atoms with E-state index in [4.69, 9.17) is 10.6 Å². The van der Waals surface area contributed by atoms with E-state index in [1.54, 1.807) is 29.1 Å². The highest BCUT2D eigenvalue weighted by atomic mass is 32.2. The Labute approximate surface area is 271 Å². The molecule has 1 fully saturated rings. The molecular weight excluding hydrogens is 654 g/mol. The van der Waals surface area contributed by atoms with Crippen molar-refractivity contribution in [2.24, 2.45) is 5.16 Å². The number of H-pyrrole nitrogens is 1. The molecule has 5 heterocycles. The largest absolute Gasteiger partial charge is 0.506 e. The smallest absolute Gasteiger partial charge is 0.352 e. The highest BCUT2D eigenvalue weighted by Gasteiger charge is 2.55. The minimum Gasteiger partial charge on any atom is -0.506 e. The standard InChI is InChI=1S/C29H23N7O9S2/c30-29-31-16(12-47-29)20(34-45-23(28(43)44)15-4-6-17(37)19-14(15)5-7-18(38)32-19)24(39)33-21-25(40)36-22(27(41)42)13(11-46-26(21)36)10-35-8-2-1-3-9-35/h1-9,12,21,23,26H,10-11H2,(H6-,30,31,32,33,34,37,38,39,41,42,43,44)/p+1/t21-,23?,26-/m1/s1. The molecule has 240 valence electrons. The van der Waals surface area contributed by atoms with Gasteiger partial charge in [-0.05, 0) is 12.1 Å². The van der Waals surface area contributed by atoms with Crippen molar-refractivity contribution in [3.8, 4) is 5.75 Å². The second-order valence-electron chi connectivity index (χ2n) is 10.3. The molecule has 1 unspecified atom stereocenters. The third kappa shape index (κ3) is 5.98. The van der Waals surface area contributed by atoms with E-state index in [9.17, 15) is 39.3 Å². The van der Waals surface area contributed by atoms with Gasteiger partial charge in [-0.1, -0.05) is 17.3 Å². The number of nitrogens with two attached hydrogens (primary N) is 1. The van der Waals surface area contributed by atoms with Crippen molar-refractivity contribution in [2.45, 2.75) is 24.1 Å². The fraction of sp³-hybridized carbons (Fsp3) is 0.172. The van der Waals surface area contributed by atoms with Crippen molar-refractivity contribution in [3.05, 3.63) is 93.1 Å². The van der Waals surface area contributed by atoms with Crippen LogP contribution in [-0.4, -0.2) is 76.8 Å². The average Bonchev–Trinajstić information content (AvgIpc) is 3.48. The predicted octanol–water partition coefficient (Wildman–Crippen LogP) is 0.545. The number of rotatable bonds is 10. The van der Waals surface area contributed by atoms with Crippen LogP contribution in [0.15, 0.2) is 81.5 Å². The number of hydrogen-bond acceptors (Lipinski definition) is 12. The van der Waals surface area contributed by atoms with E-state index in [1.807, 2.05) is 6.07 Å². The summed E-state index contributed by atoms with van der Waals surface area (Å²) in [4.78, 5) is 76.3. The van der Waals surface area contributed by atoms with E-state index in [1.165, 1.54) is 35.3 Å². The van der Waals surface area contributed by atoms with E-state index in [2.05, 4.69) is 20.4 Å². The third-order valence-corrected chi connectivity index (χ3v) is 9.34. The Bertz CT molecular complexity index is 2060. The number of aromatic nitrogens is 3. The van der Waals surface area contributed by atoms with Crippen LogP contribution >= 0.6 is 23.1 Å². The SMILES string of the molecule is Nc1nc(/C(=N/OC(C(=O)O)c2ccc(O)c3[nH]c(=O)ccc23)C(=O)N[C@@H]2C(=O)N3C(C(=O)O)=C(C[n+]4ccccc4)CS[C@H]23)cs1.